The molecule has 3 amide bonds. The quantitative estimate of drug-likeness (QED) is 0.400. The molecule has 4 rings (SSSR count). The fourth-order valence-corrected chi connectivity index (χ4v) is 6.36. The van der Waals surface area contributed by atoms with Crippen molar-refractivity contribution in [3.8, 4) is 0 Å². The van der Waals surface area contributed by atoms with Crippen LogP contribution < -0.4 is 5.32 Å². The van der Waals surface area contributed by atoms with Crippen molar-refractivity contribution in [1.29, 1.82) is 0 Å². The minimum absolute atomic E-state index is 0.0150. The standard InChI is InChI=1S/C31H35N3O5S/c1-31(2,3)32-29(36)26(21-23-13-6-4-7-14-23)33(22-24-15-8-5-9-16-24)28(35)19-12-20-34-30(37)25-17-10-11-18-27(25)40(34,38)39/h4-11,13-18,26H,12,19-22H2,1-3H3,(H,32,36)/t26-/m0/s1. The molecule has 9 heteroatoms. The Bertz CT molecular complexity index is 1470. The minimum atomic E-state index is -3.96. The second-order valence-electron chi connectivity index (χ2n) is 10.9. The molecule has 1 aliphatic heterocycles. The summed E-state index contributed by atoms with van der Waals surface area (Å²) >= 11 is 0. The number of amides is 3. The van der Waals surface area contributed by atoms with E-state index in [4.69, 9.17) is 0 Å². The fraction of sp³-hybridized carbons (Fsp3) is 0.323. The zero-order valence-corrected chi connectivity index (χ0v) is 23.9. The number of carbonyl (C=O) groups excluding carboxylic acids is 3. The average molecular weight is 562 g/mol. The summed E-state index contributed by atoms with van der Waals surface area (Å²) in [5.74, 6) is -1.15. The van der Waals surface area contributed by atoms with Gasteiger partial charge in [0.1, 0.15) is 10.9 Å². The molecule has 0 unspecified atom stereocenters. The molecule has 1 heterocycles. The lowest BCUT2D eigenvalue weighted by Crippen LogP contribution is -2.54. The number of nitrogens with zero attached hydrogens (tertiary/aromatic N) is 2. The van der Waals surface area contributed by atoms with E-state index in [-0.39, 0.29) is 48.2 Å². The molecule has 210 valence electrons. The summed E-state index contributed by atoms with van der Waals surface area (Å²) in [6, 6.07) is 24.3. The van der Waals surface area contributed by atoms with Gasteiger partial charge in [-0.1, -0.05) is 72.8 Å². The Labute approximate surface area is 236 Å². The smallest absolute Gasteiger partial charge is 0.269 e. The van der Waals surface area contributed by atoms with Crippen LogP contribution >= 0.6 is 0 Å². The topological polar surface area (TPSA) is 104 Å². The normalized spacial score (nSPS) is 14.9. The second-order valence-corrected chi connectivity index (χ2v) is 12.8. The van der Waals surface area contributed by atoms with Gasteiger partial charge in [-0.15, -0.1) is 0 Å². The van der Waals surface area contributed by atoms with E-state index in [1.807, 2.05) is 81.4 Å². The van der Waals surface area contributed by atoms with Crippen LogP contribution in [-0.2, 0) is 32.6 Å². The Morgan fingerprint density at radius 1 is 0.875 bits per heavy atom. The van der Waals surface area contributed by atoms with Crippen LogP contribution in [0.5, 0.6) is 0 Å². The molecule has 0 radical (unpaired) electrons. The van der Waals surface area contributed by atoms with E-state index in [1.54, 1.807) is 17.0 Å². The summed E-state index contributed by atoms with van der Waals surface area (Å²) in [6.07, 6.45) is 0.411. The van der Waals surface area contributed by atoms with Gasteiger partial charge in [-0.25, -0.2) is 12.7 Å². The van der Waals surface area contributed by atoms with Gasteiger partial charge in [0.15, 0.2) is 0 Å². The van der Waals surface area contributed by atoms with Crippen LogP contribution in [0.25, 0.3) is 0 Å². The van der Waals surface area contributed by atoms with E-state index >= 15 is 0 Å². The maximum atomic E-state index is 13.8. The van der Waals surface area contributed by atoms with Crippen molar-refractivity contribution < 1.29 is 22.8 Å². The number of benzene rings is 3. The van der Waals surface area contributed by atoms with Gasteiger partial charge in [0.05, 0.1) is 5.56 Å². The maximum absolute atomic E-state index is 13.8. The van der Waals surface area contributed by atoms with Crippen molar-refractivity contribution in [2.45, 2.75) is 63.1 Å². The van der Waals surface area contributed by atoms with Crippen molar-refractivity contribution in [3.05, 3.63) is 102 Å². The summed E-state index contributed by atoms with van der Waals surface area (Å²) in [5.41, 5.74) is 1.41. The van der Waals surface area contributed by atoms with Crippen LogP contribution in [0, 0.1) is 0 Å². The second kappa shape index (κ2) is 12.0. The molecule has 0 aliphatic carbocycles. The van der Waals surface area contributed by atoms with Gasteiger partial charge in [-0.05, 0) is 50.5 Å². The molecule has 40 heavy (non-hydrogen) atoms. The fourth-order valence-electron chi connectivity index (χ4n) is 4.76. The third-order valence-electron chi connectivity index (χ3n) is 6.63. The highest BCUT2D eigenvalue weighted by atomic mass is 32.2. The molecule has 0 saturated carbocycles. The number of sulfonamides is 1. The Kier molecular flexibility index (Phi) is 8.73. The first-order valence-electron chi connectivity index (χ1n) is 13.3. The highest BCUT2D eigenvalue weighted by molar-refractivity contribution is 7.90. The molecule has 0 fully saturated rings. The summed E-state index contributed by atoms with van der Waals surface area (Å²) in [4.78, 5) is 41.7. The van der Waals surface area contributed by atoms with Crippen molar-refractivity contribution in [2.24, 2.45) is 0 Å². The van der Waals surface area contributed by atoms with Gasteiger partial charge in [0.25, 0.3) is 15.9 Å². The first kappa shape index (κ1) is 29.0. The molecule has 0 saturated heterocycles. The van der Waals surface area contributed by atoms with Gasteiger partial charge < -0.3 is 10.2 Å². The van der Waals surface area contributed by atoms with Crippen molar-refractivity contribution in [2.75, 3.05) is 6.54 Å². The summed E-state index contributed by atoms with van der Waals surface area (Å²) < 4.78 is 26.7. The van der Waals surface area contributed by atoms with E-state index in [1.165, 1.54) is 12.1 Å². The van der Waals surface area contributed by atoms with Crippen LogP contribution in [0.15, 0.2) is 89.8 Å². The summed E-state index contributed by atoms with van der Waals surface area (Å²) in [5, 5.41) is 3.02. The number of nitrogens with one attached hydrogen (secondary N) is 1. The van der Waals surface area contributed by atoms with Gasteiger partial charge in [0, 0.05) is 31.5 Å². The molecular formula is C31H35N3O5S. The predicted molar refractivity (Wildman–Crippen MR) is 153 cm³/mol. The lowest BCUT2D eigenvalue weighted by molar-refractivity contribution is -0.142. The number of carbonyl (C=O) groups is 3. The van der Waals surface area contributed by atoms with E-state index in [9.17, 15) is 22.8 Å². The molecular weight excluding hydrogens is 526 g/mol. The van der Waals surface area contributed by atoms with Crippen LogP contribution in [0.2, 0.25) is 0 Å². The zero-order chi connectivity index (χ0) is 28.9. The van der Waals surface area contributed by atoms with E-state index in [0.29, 0.717) is 6.42 Å². The minimum Gasteiger partial charge on any atom is -0.350 e. The highest BCUT2D eigenvalue weighted by Crippen LogP contribution is 2.30. The third kappa shape index (κ3) is 6.77. The monoisotopic (exact) mass is 561 g/mol. The number of fused-ring (bicyclic) bond motifs is 1. The van der Waals surface area contributed by atoms with Crippen LogP contribution in [0.1, 0.15) is 55.1 Å². The first-order chi connectivity index (χ1) is 19.0. The Morgan fingerprint density at radius 3 is 2.05 bits per heavy atom. The molecule has 8 nitrogen and oxygen atoms in total. The molecule has 0 spiro atoms. The Hall–Kier alpha value is -3.98. The van der Waals surface area contributed by atoms with Crippen LogP contribution in [0.3, 0.4) is 0 Å². The Balaban J connectivity index is 1.56. The molecule has 1 N–H and O–H groups in total. The van der Waals surface area contributed by atoms with Gasteiger partial charge >= 0.3 is 0 Å². The summed E-state index contributed by atoms with van der Waals surface area (Å²) in [6.45, 7) is 5.75. The number of hydrogen-bond donors (Lipinski definition) is 1. The largest absolute Gasteiger partial charge is 0.350 e. The van der Waals surface area contributed by atoms with E-state index in [0.717, 1.165) is 15.4 Å². The average Bonchev–Trinajstić information content (AvgIpc) is 3.11. The maximum Gasteiger partial charge on any atom is 0.269 e. The molecule has 0 bridgehead atoms. The van der Waals surface area contributed by atoms with Crippen LogP contribution in [0.4, 0.5) is 0 Å². The van der Waals surface area contributed by atoms with Crippen LogP contribution in [-0.4, -0.2) is 53.5 Å². The Morgan fingerprint density at radius 2 is 1.45 bits per heavy atom. The molecule has 0 aromatic heterocycles. The van der Waals surface area contributed by atoms with E-state index < -0.39 is 27.5 Å². The lowest BCUT2D eigenvalue weighted by Gasteiger charge is -2.34. The van der Waals surface area contributed by atoms with Crippen molar-refractivity contribution in [3.63, 3.8) is 0 Å². The van der Waals surface area contributed by atoms with Crippen molar-refractivity contribution >= 4 is 27.7 Å². The molecule has 1 aliphatic rings. The predicted octanol–water partition coefficient (Wildman–Crippen LogP) is 4.17. The zero-order valence-electron chi connectivity index (χ0n) is 23.0. The SMILES string of the molecule is CC(C)(C)NC(=O)[C@H](Cc1ccccc1)N(Cc1ccccc1)C(=O)CCCN1C(=O)c2ccccc2S1(=O)=O. The van der Waals surface area contributed by atoms with Crippen molar-refractivity contribution in [1.82, 2.24) is 14.5 Å². The van der Waals surface area contributed by atoms with E-state index in [2.05, 4.69) is 5.32 Å². The number of rotatable bonds is 10. The van der Waals surface area contributed by atoms with Gasteiger partial charge in [-0.3, -0.25) is 14.4 Å². The third-order valence-corrected chi connectivity index (χ3v) is 8.47. The molecule has 3 aromatic rings. The lowest BCUT2D eigenvalue weighted by atomic mass is 10.00. The highest BCUT2D eigenvalue weighted by Gasteiger charge is 2.40. The van der Waals surface area contributed by atoms with Gasteiger partial charge in [0.2, 0.25) is 11.8 Å². The molecule has 1 atom stereocenters. The van der Waals surface area contributed by atoms with Gasteiger partial charge in [-0.2, -0.15) is 0 Å². The molecule has 3 aromatic carbocycles. The number of hydrogen-bond acceptors (Lipinski definition) is 5. The summed E-state index contributed by atoms with van der Waals surface area (Å²) in [7, 11) is -3.96. The first-order valence-corrected chi connectivity index (χ1v) is 14.8.